The number of aryl methyl sites for hydroxylation is 1. The molecule has 1 fully saturated rings. The Bertz CT molecular complexity index is 1480. The van der Waals surface area contributed by atoms with Gasteiger partial charge in [-0.05, 0) is 99.5 Å². The second-order valence-corrected chi connectivity index (χ2v) is 11.2. The number of benzene rings is 3. The van der Waals surface area contributed by atoms with E-state index in [0.717, 1.165) is 25.7 Å². The van der Waals surface area contributed by atoms with Gasteiger partial charge in [-0.3, -0.25) is 0 Å². The molecule has 0 spiro atoms. The molecule has 0 N–H and O–H groups in total. The molecule has 1 atom stereocenters. The fourth-order valence-corrected chi connectivity index (χ4v) is 6.11. The predicted molar refractivity (Wildman–Crippen MR) is 150 cm³/mol. The predicted octanol–water partition coefficient (Wildman–Crippen LogP) is 9.82. The summed E-state index contributed by atoms with van der Waals surface area (Å²) in [6.45, 7) is 3.88. The average molecular weight is 589 g/mol. The minimum Gasteiger partial charge on any atom is -0.491 e. The van der Waals surface area contributed by atoms with Crippen LogP contribution in [0.4, 0.5) is 26.3 Å². The van der Waals surface area contributed by atoms with Gasteiger partial charge in [-0.2, -0.15) is 4.39 Å². The van der Waals surface area contributed by atoms with E-state index >= 15 is 8.78 Å². The fraction of sp³-hybridized carbons (Fsp3) is 0.412. The molecule has 2 aliphatic carbocycles. The Morgan fingerprint density at radius 3 is 2.00 bits per heavy atom. The Balaban J connectivity index is 1.17. The Kier molecular flexibility index (Phi) is 9.31. The molecule has 224 valence electrons. The van der Waals surface area contributed by atoms with Crippen molar-refractivity contribution in [3.63, 3.8) is 0 Å². The number of rotatable bonds is 8. The average Bonchev–Trinajstić information content (AvgIpc) is 3.00. The zero-order valence-corrected chi connectivity index (χ0v) is 23.7. The van der Waals surface area contributed by atoms with Crippen molar-refractivity contribution in [2.45, 2.75) is 70.8 Å². The van der Waals surface area contributed by atoms with Gasteiger partial charge in [0.2, 0.25) is 5.82 Å². The van der Waals surface area contributed by atoms with Crippen LogP contribution in [0.2, 0.25) is 0 Å². The van der Waals surface area contributed by atoms with Crippen LogP contribution >= 0.6 is 0 Å². The fourth-order valence-electron chi connectivity index (χ4n) is 6.11. The smallest absolute Gasteiger partial charge is 0.201 e. The first-order chi connectivity index (χ1) is 20.2. The second-order valence-electron chi connectivity index (χ2n) is 11.2. The molecular formula is C34H34F6O2. The number of hydrogen-bond donors (Lipinski definition) is 0. The summed E-state index contributed by atoms with van der Waals surface area (Å²) in [7, 11) is 0. The van der Waals surface area contributed by atoms with Crippen molar-refractivity contribution in [3.05, 3.63) is 94.1 Å². The molecule has 0 aliphatic heterocycles. The van der Waals surface area contributed by atoms with Crippen LogP contribution in [-0.2, 0) is 4.74 Å². The molecule has 0 aromatic heterocycles. The molecule has 1 saturated carbocycles. The summed E-state index contributed by atoms with van der Waals surface area (Å²) in [6, 6.07) is 8.37. The zero-order valence-electron chi connectivity index (χ0n) is 23.7. The van der Waals surface area contributed by atoms with Gasteiger partial charge >= 0.3 is 0 Å². The lowest BCUT2D eigenvalue weighted by Gasteiger charge is -2.31. The van der Waals surface area contributed by atoms with Crippen LogP contribution in [0.5, 0.6) is 5.75 Å². The van der Waals surface area contributed by atoms with Gasteiger partial charge in [-0.25, -0.2) is 22.0 Å². The summed E-state index contributed by atoms with van der Waals surface area (Å²) in [6.07, 6.45) is 6.73. The molecule has 8 heteroatoms. The van der Waals surface area contributed by atoms with E-state index in [0.29, 0.717) is 48.5 Å². The van der Waals surface area contributed by atoms with Gasteiger partial charge in [0, 0.05) is 23.3 Å². The van der Waals surface area contributed by atoms with Gasteiger partial charge in [0.15, 0.2) is 34.8 Å². The quantitative estimate of drug-likeness (QED) is 0.244. The first-order valence-corrected chi connectivity index (χ1v) is 14.5. The summed E-state index contributed by atoms with van der Waals surface area (Å²) < 4.78 is 98.8. The standard InChI is InChI=1S/C34H34F6O2/c1-3-41-28-17-16-27(33(39)34(28)40)26-15-14-25(31(37)32(26)38)22-9-11-23(12-10-22)42-18-20-5-7-21(8-6-20)24-13-4-19(2)29(35)30(24)36/h4,9,13-17,20-21,23H,3,5-8,10-12,18H2,1-2H3. The zero-order chi connectivity index (χ0) is 30.0. The molecule has 42 heavy (non-hydrogen) atoms. The third-order valence-electron chi connectivity index (χ3n) is 8.59. The maximum atomic E-state index is 15.1. The molecule has 2 aliphatic rings. The third-order valence-corrected chi connectivity index (χ3v) is 8.59. The van der Waals surface area contributed by atoms with Crippen molar-refractivity contribution >= 4 is 5.57 Å². The maximum absolute atomic E-state index is 15.1. The highest BCUT2D eigenvalue weighted by molar-refractivity contribution is 5.72. The van der Waals surface area contributed by atoms with Gasteiger partial charge < -0.3 is 9.47 Å². The third kappa shape index (κ3) is 6.10. The van der Waals surface area contributed by atoms with Crippen LogP contribution in [0.3, 0.4) is 0 Å². The minimum atomic E-state index is -1.30. The van der Waals surface area contributed by atoms with E-state index < -0.39 is 34.9 Å². The molecule has 0 heterocycles. The van der Waals surface area contributed by atoms with Gasteiger partial charge in [-0.15, -0.1) is 0 Å². The van der Waals surface area contributed by atoms with Crippen LogP contribution in [0, 0.1) is 47.7 Å². The minimum absolute atomic E-state index is 0.00292. The normalized spacial score (nSPS) is 20.9. The van der Waals surface area contributed by atoms with Crippen molar-refractivity contribution in [2.75, 3.05) is 13.2 Å². The van der Waals surface area contributed by atoms with Crippen molar-refractivity contribution < 1.29 is 35.8 Å². The van der Waals surface area contributed by atoms with E-state index in [9.17, 15) is 17.6 Å². The van der Waals surface area contributed by atoms with Gasteiger partial charge in [0.05, 0.1) is 12.7 Å². The molecule has 0 saturated heterocycles. The number of allylic oxidation sites excluding steroid dienone is 1. The topological polar surface area (TPSA) is 18.5 Å². The number of ether oxygens (including phenoxy) is 2. The molecule has 1 unspecified atom stereocenters. The second kappa shape index (κ2) is 12.9. The highest BCUT2D eigenvalue weighted by Crippen LogP contribution is 2.39. The first kappa shape index (κ1) is 30.2. The van der Waals surface area contributed by atoms with Crippen molar-refractivity contribution in [1.29, 1.82) is 0 Å². The van der Waals surface area contributed by atoms with Crippen LogP contribution in [-0.4, -0.2) is 19.3 Å². The summed E-state index contributed by atoms with van der Waals surface area (Å²) in [4.78, 5) is 0. The van der Waals surface area contributed by atoms with Gasteiger partial charge in [0.1, 0.15) is 0 Å². The SMILES string of the molecule is CCOc1ccc(-c2ccc(C3=CCC(OCC4CCC(c5ccc(C)c(F)c5F)CC4)CC3)c(F)c2F)c(F)c1F. The van der Waals surface area contributed by atoms with E-state index in [-0.39, 0.29) is 41.1 Å². The van der Waals surface area contributed by atoms with Gasteiger partial charge in [-0.1, -0.05) is 30.3 Å². The molecule has 0 amide bonds. The lowest BCUT2D eigenvalue weighted by Crippen LogP contribution is -2.23. The highest BCUT2D eigenvalue weighted by atomic mass is 19.2. The lowest BCUT2D eigenvalue weighted by molar-refractivity contribution is 0.0157. The number of halogens is 6. The first-order valence-electron chi connectivity index (χ1n) is 14.5. The monoisotopic (exact) mass is 588 g/mol. The van der Waals surface area contributed by atoms with Gasteiger partial charge in [0.25, 0.3) is 0 Å². The molecule has 5 rings (SSSR count). The summed E-state index contributed by atoms with van der Waals surface area (Å²) in [5.41, 5.74) is 0.761. The Labute approximate surface area is 242 Å². The number of hydrogen-bond acceptors (Lipinski definition) is 2. The summed E-state index contributed by atoms with van der Waals surface area (Å²) in [5, 5.41) is 0. The van der Waals surface area contributed by atoms with Crippen molar-refractivity contribution in [2.24, 2.45) is 5.92 Å². The molecular weight excluding hydrogens is 554 g/mol. The van der Waals surface area contributed by atoms with Crippen molar-refractivity contribution in [3.8, 4) is 16.9 Å². The Morgan fingerprint density at radius 1 is 0.690 bits per heavy atom. The largest absolute Gasteiger partial charge is 0.491 e. The molecule has 2 nitrogen and oxygen atoms in total. The molecule has 3 aromatic carbocycles. The Morgan fingerprint density at radius 2 is 1.33 bits per heavy atom. The molecule has 3 aromatic rings. The van der Waals surface area contributed by atoms with Crippen LogP contribution < -0.4 is 4.74 Å². The molecule has 0 bridgehead atoms. The lowest BCUT2D eigenvalue weighted by atomic mass is 9.78. The summed E-state index contributed by atoms with van der Waals surface area (Å²) in [5.74, 6) is -6.34. The van der Waals surface area contributed by atoms with E-state index in [1.54, 1.807) is 26.0 Å². The van der Waals surface area contributed by atoms with Crippen LogP contribution in [0.15, 0.2) is 42.5 Å². The van der Waals surface area contributed by atoms with E-state index in [4.69, 9.17) is 9.47 Å². The Hall–Kier alpha value is -3.26. The molecule has 0 radical (unpaired) electrons. The van der Waals surface area contributed by atoms with E-state index in [1.165, 1.54) is 24.3 Å². The summed E-state index contributed by atoms with van der Waals surface area (Å²) >= 11 is 0. The van der Waals surface area contributed by atoms with E-state index in [1.807, 2.05) is 6.08 Å². The maximum Gasteiger partial charge on any atom is 0.201 e. The van der Waals surface area contributed by atoms with E-state index in [2.05, 4.69) is 0 Å². The highest BCUT2D eigenvalue weighted by Gasteiger charge is 2.28. The van der Waals surface area contributed by atoms with Crippen LogP contribution in [0.25, 0.3) is 16.7 Å². The van der Waals surface area contributed by atoms with Crippen LogP contribution in [0.1, 0.15) is 74.5 Å². The van der Waals surface area contributed by atoms with Crippen molar-refractivity contribution in [1.82, 2.24) is 0 Å².